The lowest BCUT2D eigenvalue weighted by molar-refractivity contribution is -0.00453. The van der Waals surface area contributed by atoms with Gasteiger partial charge >= 0.3 is 0 Å². The molecule has 1 rings (SSSR count). The van der Waals surface area contributed by atoms with E-state index in [0.717, 1.165) is 18.6 Å². The largest absolute Gasteiger partial charge is 0.379 e. The zero-order valence-corrected chi connectivity index (χ0v) is 10.8. The van der Waals surface area contributed by atoms with E-state index in [1.807, 2.05) is 12.3 Å². The molecule has 16 heavy (non-hydrogen) atoms. The molecule has 0 aromatic carbocycles. The zero-order chi connectivity index (χ0) is 11.8. The third kappa shape index (κ3) is 4.61. The Kier molecular flexibility index (Phi) is 6.64. The molecule has 0 spiro atoms. The molecular weight excluding hydrogens is 222 g/mol. The van der Waals surface area contributed by atoms with Crippen molar-refractivity contribution in [2.75, 3.05) is 19.8 Å². The molecule has 0 aliphatic rings. The lowest BCUT2D eigenvalue weighted by atomic mass is 10.1. The molecule has 4 heteroatoms. The van der Waals surface area contributed by atoms with Gasteiger partial charge in [0.15, 0.2) is 0 Å². The third-order valence-corrected chi connectivity index (χ3v) is 2.92. The van der Waals surface area contributed by atoms with Crippen molar-refractivity contribution in [2.24, 2.45) is 5.73 Å². The third-order valence-electron chi connectivity index (χ3n) is 2.22. The lowest BCUT2D eigenvalue weighted by Gasteiger charge is -2.20. The smallest absolute Gasteiger partial charge is 0.0982 e. The second-order valence-electron chi connectivity index (χ2n) is 3.82. The Balaban J connectivity index is 2.30. The predicted molar refractivity (Wildman–Crippen MR) is 67.8 cm³/mol. The van der Waals surface area contributed by atoms with E-state index in [1.54, 1.807) is 11.3 Å². The molecule has 0 bridgehead atoms. The van der Waals surface area contributed by atoms with Crippen LogP contribution in [0.5, 0.6) is 0 Å². The van der Waals surface area contributed by atoms with Crippen molar-refractivity contribution in [1.82, 2.24) is 0 Å². The Bertz CT molecular complexity index is 262. The molecule has 1 aromatic rings. The Hall–Kier alpha value is -0.420. The quantitative estimate of drug-likeness (QED) is 0.714. The fourth-order valence-electron chi connectivity index (χ4n) is 1.47. The van der Waals surface area contributed by atoms with Crippen LogP contribution in [0.4, 0.5) is 0 Å². The molecule has 0 saturated carbocycles. The van der Waals surface area contributed by atoms with Crippen LogP contribution in [0.25, 0.3) is 0 Å². The highest BCUT2D eigenvalue weighted by atomic mass is 32.1. The SMILES string of the molecule is CCCOCCOC(c1ccsc1)C(C)N. The van der Waals surface area contributed by atoms with Gasteiger partial charge in [-0.3, -0.25) is 0 Å². The van der Waals surface area contributed by atoms with Crippen LogP contribution in [-0.2, 0) is 9.47 Å². The van der Waals surface area contributed by atoms with Crippen LogP contribution in [0.2, 0.25) is 0 Å². The van der Waals surface area contributed by atoms with Crippen LogP contribution in [0.15, 0.2) is 16.8 Å². The minimum absolute atomic E-state index is 0.000718. The number of rotatable bonds is 8. The summed E-state index contributed by atoms with van der Waals surface area (Å²) >= 11 is 1.67. The van der Waals surface area contributed by atoms with Gasteiger partial charge < -0.3 is 15.2 Å². The average Bonchev–Trinajstić information content (AvgIpc) is 2.76. The highest BCUT2D eigenvalue weighted by molar-refractivity contribution is 7.07. The van der Waals surface area contributed by atoms with Crippen LogP contribution in [0.3, 0.4) is 0 Å². The normalized spacial score (nSPS) is 14.9. The summed E-state index contributed by atoms with van der Waals surface area (Å²) in [6.07, 6.45) is 1.03. The average molecular weight is 243 g/mol. The first-order chi connectivity index (χ1) is 7.75. The maximum absolute atomic E-state index is 5.91. The van der Waals surface area contributed by atoms with E-state index in [2.05, 4.69) is 18.4 Å². The summed E-state index contributed by atoms with van der Waals surface area (Å²) in [7, 11) is 0. The summed E-state index contributed by atoms with van der Waals surface area (Å²) in [5, 5.41) is 4.13. The van der Waals surface area contributed by atoms with Crippen molar-refractivity contribution in [2.45, 2.75) is 32.4 Å². The number of hydrogen-bond acceptors (Lipinski definition) is 4. The van der Waals surface area contributed by atoms with Crippen molar-refractivity contribution in [3.05, 3.63) is 22.4 Å². The predicted octanol–water partition coefficient (Wildman–Crippen LogP) is 2.58. The Morgan fingerprint density at radius 3 is 2.75 bits per heavy atom. The fourth-order valence-corrected chi connectivity index (χ4v) is 2.15. The van der Waals surface area contributed by atoms with Gasteiger partial charge in [-0.1, -0.05) is 6.92 Å². The van der Waals surface area contributed by atoms with Gasteiger partial charge in [0.2, 0.25) is 0 Å². The summed E-state index contributed by atoms with van der Waals surface area (Å²) in [6.45, 7) is 6.10. The summed E-state index contributed by atoms with van der Waals surface area (Å²) in [5.74, 6) is 0. The maximum Gasteiger partial charge on any atom is 0.0982 e. The maximum atomic E-state index is 5.91. The molecular formula is C12H21NO2S. The molecule has 0 fully saturated rings. The van der Waals surface area contributed by atoms with E-state index in [9.17, 15) is 0 Å². The lowest BCUT2D eigenvalue weighted by Crippen LogP contribution is -2.27. The van der Waals surface area contributed by atoms with E-state index in [-0.39, 0.29) is 12.1 Å². The summed E-state index contributed by atoms with van der Waals surface area (Å²) in [5.41, 5.74) is 7.07. The molecule has 0 saturated heterocycles. The molecule has 0 aliphatic heterocycles. The summed E-state index contributed by atoms with van der Waals surface area (Å²) < 4.78 is 11.1. The topological polar surface area (TPSA) is 44.5 Å². The van der Waals surface area contributed by atoms with E-state index in [1.165, 1.54) is 0 Å². The molecule has 1 aromatic heterocycles. The second-order valence-corrected chi connectivity index (χ2v) is 4.60. The monoisotopic (exact) mass is 243 g/mol. The van der Waals surface area contributed by atoms with Gasteiger partial charge in [0, 0.05) is 12.6 Å². The van der Waals surface area contributed by atoms with Crippen molar-refractivity contribution in [3.63, 3.8) is 0 Å². The number of nitrogens with two attached hydrogens (primary N) is 1. The zero-order valence-electron chi connectivity index (χ0n) is 10.0. The minimum Gasteiger partial charge on any atom is -0.379 e. The van der Waals surface area contributed by atoms with Gasteiger partial charge in [-0.05, 0) is 35.7 Å². The molecule has 92 valence electrons. The molecule has 2 atom stereocenters. The van der Waals surface area contributed by atoms with Crippen molar-refractivity contribution >= 4 is 11.3 Å². The Morgan fingerprint density at radius 1 is 1.38 bits per heavy atom. The van der Waals surface area contributed by atoms with Gasteiger partial charge in [-0.25, -0.2) is 0 Å². The minimum atomic E-state index is -0.0172. The molecule has 1 heterocycles. The van der Waals surface area contributed by atoms with Crippen LogP contribution in [-0.4, -0.2) is 25.9 Å². The first-order valence-electron chi connectivity index (χ1n) is 5.72. The van der Waals surface area contributed by atoms with Gasteiger partial charge in [0.05, 0.1) is 19.3 Å². The summed E-state index contributed by atoms with van der Waals surface area (Å²) in [4.78, 5) is 0. The highest BCUT2D eigenvalue weighted by Crippen LogP contribution is 2.22. The number of hydrogen-bond donors (Lipinski definition) is 1. The molecule has 0 aliphatic carbocycles. The molecule has 0 radical (unpaired) electrons. The Labute approximate surface area is 102 Å². The molecule has 0 amide bonds. The van der Waals surface area contributed by atoms with Crippen molar-refractivity contribution in [1.29, 1.82) is 0 Å². The van der Waals surface area contributed by atoms with Crippen molar-refractivity contribution in [3.8, 4) is 0 Å². The van der Waals surface area contributed by atoms with Gasteiger partial charge in [-0.2, -0.15) is 11.3 Å². The fraction of sp³-hybridized carbons (Fsp3) is 0.667. The van der Waals surface area contributed by atoms with Gasteiger partial charge in [0.1, 0.15) is 0 Å². The van der Waals surface area contributed by atoms with Gasteiger partial charge in [-0.15, -0.1) is 0 Å². The number of ether oxygens (including phenoxy) is 2. The van der Waals surface area contributed by atoms with Crippen LogP contribution >= 0.6 is 11.3 Å². The number of thiophene rings is 1. The van der Waals surface area contributed by atoms with E-state index >= 15 is 0 Å². The molecule has 2 N–H and O–H groups in total. The molecule has 2 unspecified atom stereocenters. The molecule has 3 nitrogen and oxygen atoms in total. The second kappa shape index (κ2) is 7.79. The standard InChI is InChI=1S/C12H21NO2S/c1-3-5-14-6-7-15-12(10(2)13)11-4-8-16-9-11/h4,8-10,12H,3,5-7,13H2,1-2H3. The first kappa shape index (κ1) is 13.6. The van der Waals surface area contributed by atoms with Crippen LogP contribution in [0.1, 0.15) is 31.9 Å². The van der Waals surface area contributed by atoms with Gasteiger partial charge in [0.25, 0.3) is 0 Å². The highest BCUT2D eigenvalue weighted by Gasteiger charge is 2.16. The van der Waals surface area contributed by atoms with Crippen LogP contribution in [0, 0.1) is 0 Å². The van der Waals surface area contributed by atoms with E-state index in [4.69, 9.17) is 15.2 Å². The van der Waals surface area contributed by atoms with Crippen molar-refractivity contribution < 1.29 is 9.47 Å². The van der Waals surface area contributed by atoms with E-state index in [0.29, 0.717) is 13.2 Å². The first-order valence-corrected chi connectivity index (χ1v) is 6.67. The van der Waals surface area contributed by atoms with E-state index < -0.39 is 0 Å². The van der Waals surface area contributed by atoms with Crippen LogP contribution < -0.4 is 5.73 Å². The Morgan fingerprint density at radius 2 is 2.19 bits per heavy atom. The summed E-state index contributed by atoms with van der Waals surface area (Å²) in [6, 6.07) is 2.06.